The van der Waals surface area contributed by atoms with Crippen molar-refractivity contribution in [2.24, 2.45) is 0 Å². The van der Waals surface area contributed by atoms with E-state index in [9.17, 15) is 4.79 Å². The molecule has 0 atom stereocenters. The minimum atomic E-state index is -0.304. The van der Waals surface area contributed by atoms with E-state index < -0.39 is 0 Å². The third kappa shape index (κ3) is 3.93. The van der Waals surface area contributed by atoms with Gasteiger partial charge in [0, 0.05) is 22.9 Å². The molecule has 2 N–H and O–H groups in total. The van der Waals surface area contributed by atoms with E-state index in [4.69, 9.17) is 11.6 Å². The van der Waals surface area contributed by atoms with Crippen LogP contribution in [0.2, 0.25) is 5.02 Å². The summed E-state index contributed by atoms with van der Waals surface area (Å²) in [5.41, 5.74) is 0.919. The first kappa shape index (κ1) is 14.3. The maximum absolute atomic E-state index is 12.1. The lowest BCUT2D eigenvalue weighted by Crippen LogP contribution is -2.17. The molecule has 1 aromatic carbocycles. The maximum Gasteiger partial charge on any atom is 0.274 e. The van der Waals surface area contributed by atoms with Crippen molar-refractivity contribution in [1.29, 1.82) is 0 Å². The van der Waals surface area contributed by atoms with Crippen molar-refractivity contribution in [1.82, 2.24) is 9.97 Å². The van der Waals surface area contributed by atoms with Crippen LogP contribution in [0.5, 0.6) is 0 Å². The van der Waals surface area contributed by atoms with Gasteiger partial charge in [0.15, 0.2) is 0 Å². The first-order valence-electron chi connectivity index (χ1n) is 6.21. The van der Waals surface area contributed by atoms with Gasteiger partial charge in [-0.25, -0.2) is 9.97 Å². The predicted octanol–water partition coefficient (Wildman–Crippen LogP) is 3.20. The molecular formula is C14H15ClN4O. The molecule has 2 aromatic rings. The van der Waals surface area contributed by atoms with Crippen LogP contribution in [0.15, 0.2) is 36.5 Å². The number of carbonyl (C=O) groups excluding carboxylic acids is 1. The van der Waals surface area contributed by atoms with Crippen LogP contribution in [-0.2, 0) is 0 Å². The van der Waals surface area contributed by atoms with Gasteiger partial charge in [0.2, 0.25) is 5.95 Å². The molecule has 5 nitrogen and oxygen atoms in total. The molecule has 0 saturated heterocycles. The second-order valence-corrected chi connectivity index (χ2v) is 4.97. The number of rotatable bonds is 4. The van der Waals surface area contributed by atoms with Gasteiger partial charge < -0.3 is 10.6 Å². The number of aromatic nitrogens is 2. The average Bonchev–Trinajstić information content (AvgIpc) is 2.38. The Bertz CT molecular complexity index is 616. The lowest BCUT2D eigenvalue weighted by Gasteiger charge is -2.09. The fourth-order valence-corrected chi connectivity index (χ4v) is 1.76. The number of halogens is 1. The van der Waals surface area contributed by atoms with Gasteiger partial charge in [-0.05, 0) is 38.1 Å². The van der Waals surface area contributed by atoms with Crippen molar-refractivity contribution in [3.63, 3.8) is 0 Å². The Hall–Kier alpha value is -2.14. The van der Waals surface area contributed by atoms with Crippen LogP contribution in [-0.4, -0.2) is 21.9 Å². The second kappa shape index (κ2) is 6.34. The maximum atomic E-state index is 12.1. The third-order valence-corrected chi connectivity index (χ3v) is 2.62. The number of benzene rings is 1. The standard InChI is InChI=1S/C14H15ClN4O/c1-9(2)17-14-16-7-6-12(19-14)13(20)18-11-5-3-4-10(15)8-11/h3-9H,1-2H3,(H,18,20)(H,16,17,19). The molecule has 104 valence electrons. The van der Waals surface area contributed by atoms with E-state index in [1.165, 1.54) is 0 Å². The van der Waals surface area contributed by atoms with Gasteiger partial charge in [-0.1, -0.05) is 17.7 Å². The summed E-state index contributed by atoms with van der Waals surface area (Å²) in [5.74, 6) is 0.125. The zero-order valence-corrected chi connectivity index (χ0v) is 12.0. The van der Waals surface area contributed by atoms with Crippen molar-refractivity contribution in [2.45, 2.75) is 19.9 Å². The van der Waals surface area contributed by atoms with Crippen molar-refractivity contribution in [3.8, 4) is 0 Å². The molecule has 0 aliphatic carbocycles. The highest BCUT2D eigenvalue weighted by Crippen LogP contribution is 2.15. The molecule has 0 bridgehead atoms. The topological polar surface area (TPSA) is 66.9 Å². The summed E-state index contributed by atoms with van der Waals surface area (Å²) in [6.45, 7) is 3.95. The molecule has 0 spiro atoms. The number of carbonyl (C=O) groups is 1. The van der Waals surface area contributed by atoms with Crippen molar-refractivity contribution >= 4 is 29.1 Å². The normalized spacial score (nSPS) is 10.4. The van der Waals surface area contributed by atoms with Gasteiger partial charge >= 0.3 is 0 Å². The molecule has 0 unspecified atom stereocenters. The first-order chi connectivity index (χ1) is 9.54. The Balaban J connectivity index is 2.13. The molecule has 1 amide bonds. The van der Waals surface area contributed by atoms with Crippen molar-refractivity contribution < 1.29 is 4.79 Å². The highest BCUT2D eigenvalue weighted by atomic mass is 35.5. The number of anilines is 2. The second-order valence-electron chi connectivity index (χ2n) is 4.53. The van der Waals surface area contributed by atoms with Crippen LogP contribution in [0.4, 0.5) is 11.6 Å². The summed E-state index contributed by atoms with van der Waals surface area (Å²) < 4.78 is 0. The molecule has 0 saturated carbocycles. The van der Waals surface area contributed by atoms with E-state index in [1.54, 1.807) is 36.5 Å². The number of hydrogen-bond donors (Lipinski definition) is 2. The van der Waals surface area contributed by atoms with Gasteiger partial charge in [-0.2, -0.15) is 0 Å². The number of nitrogens with one attached hydrogen (secondary N) is 2. The molecule has 0 aliphatic rings. The Kier molecular flexibility index (Phi) is 4.53. The Morgan fingerprint density at radius 1 is 1.30 bits per heavy atom. The summed E-state index contributed by atoms with van der Waals surface area (Å²) in [4.78, 5) is 20.3. The average molecular weight is 291 g/mol. The fourth-order valence-electron chi connectivity index (χ4n) is 1.57. The summed E-state index contributed by atoms with van der Waals surface area (Å²) >= 11 is 5.87. The van der Waals surface area contributed by atoms with Crippen LogP contribution in [0.3, 0.4) is 0 Å². The van der Waals surface area contributed by atoms with E-state index >= 15 is 0 Å². The van der Waals surface area contributed by atoms with Crippen LogP contribution >= 0.6 is 11.6 Å². The zero-order valence-electron chi connectivity index (χ0n) is 11.2. The lowest BCUT2D eigenvalue weighted by atomic mass is 10.3. The highest BCUT2D eigenvalue weighted by molar-refractivity contribution is 6.30. The van der Waals surface area contributed by atoms with Crippen molar-refractivity contribution in [2.75, 3.05) is 10.6 Å². The summed E-state index contributed by atoms with van der Waals surface area (Å²) in [6.07, 6.45) is 1.55. The third-order valence-electron chi connectivity index (χ3n) is 2.39. The monoisotopic (exact) mass is 290 g/mol. The summed E-state index contributed by atoms with van der Waals surface area (Å²) in [5, 5.41) is 6.35. The summed E-state index contributed by atoms with van der Waals surface area (Å²) in [6, 6.07) is 8.70. The minimum Gasteiger partial charge on any atom is -0.352 e. The smallest absolute Gasteiger partial charge is 0.274 e. The van der Waals surface area contributed by atoms with Gasteiger partial charge in [0.25, 0.3) is 5.91 Å². The Morgan fingerprint density at radius 2 is 2.10 bits per heavy atom. The van der Waals surface area contributed by atoms with Gasteiger partial charge in [-0.3, -0.25) is 4.79 Å². The van der Waals surface area contributed by atoms with E-state index in [0.717, 1.165) is 0 Å². The largest absolute Gasteiger partial charge is 0.352 e. The predicted molar refractivity (Wildman–Crippen MR) is 80.2 cm³/mol. The van der Waals surface area contributed by atoms with E-state index in [0.29, 0.717) is 22.4 Å². The SMILES string of the molecule is CC(C)Nc1nccc(C(=O)Nc2cccc(Cl)c2)n1. The lowest BCUT2D eigenvalue weighted by molar-refractivity contribution is 0.102. The van der Waals surface area contributed by atoms with E-state index in [2.05, 4.69) is 20.6 Å². The summed E-state index contributed by atoms with van der Waals surface area (Å²) in [7, 11) is 0. The Labute approximate surface area is 122 Å². The molecule has 0 aliphatic heterocycles. The van der Waals surface area contributed by atoms with Crippen molar-refractivity contribution in [3.05, 3.63) is 47.2 Å². The highest BCUT2D eigenvalue weighted by Gasteiger charge is 2.09. The molecule has 6 heteroatoms. The zero-order chi connectivity index (χ0) is 14.5. The minimum absolute atomic E-state index is 0.196. The van der Waals surface area contributed by atoms with Crippen LogP contribution in [0.1, 0.15) is 24.3 Å². The first-order valence-corrected chi connectivity index (χ1v) is 6.59. The molecule has 1 aromatic heterocycles. The molecule has 0 fully saturated rings. The molecule has 2 rings (SSSR count). The molecule has 20 heavy (non-hydrogen) atoms. The molecular weight excluding hydrogens is 276 g/mol. The van der Waals surface area contributed by atoms with E-state index in [1.807, 2.05) is 13.8 Å². The number of hydrogen-bond acceptors (Lipinski definition) is 4. The van der Waals surface area contributed by atoms with E-state index in [-0.39, 0.29) is 11.9 Å². The fraction of sp³-hybridized carbons (Fsp3) is 0.214. The van der Waals surface area contributed by atoms with Gasteiger partial charge in [0.1, 0.15) is 5.69 Å². The van der Waals surface area contributed by atoms with Gasteiger partial charge in [-0.15, -0.1) is 0 Å². The van der Waals surface area contributed by atoms with Crippen LogP contribution in [0.25, 0.3) is 0 Å². The number of amides is 1. The van der Waals surface area contributed by atoms with Crippen LogP contribution in [0, 0.1) is 0 Å². The van der Waals surface area contributed by atoms with Gasteiger partial charge in [0.05, 0.1) is 0 Å². The van der Waals surface area contributed by atoms with Crippen LogP contribution < -0.4 is 10.6 Å². The Morgan fingerprint density at radius 3 is 2.80 bits per heavy atom. The molecule has 1 heterocycles. The quantitative estimate of drug-likeness (QED) is 0.907. The molecule has 0 radical (unpaired) electrons. The number of nitrogens with zero attached hydrogens (tertiary/aromatic N) is 2.